The first-order chi connectivity index (χ1) is 13.0. The Balaban J connectivity index is 2.31. The van der Waals surface area contributed by atoms with Crippen LogP contribution in [0.25, 0.3) is 0 Å². The molecule has 7 nitrogen and oxygen atoms in total. The van der Waals surface area contributed by atoms with Gasteiger partial charge in [-0.1, -0.05) is 49.9 Å². The van der Waals surface area contributed by atoms with E-state index in [9.17, 15) is 13.2 Å². The van der Waals surface area contributed by atoms with Gasteiger partial charge in [0.05, 0.1) is 11.9 Å². The number of benzene rings is 1. The highest BCUT2D eigenvalue weighted by Crippen LogP contribution is 2.29. The number of thioether (sulfide) groups is 1. The van der Waals surface area contributed by atoms with Gasteiger partial charge in [-0.15, -0.1) is 10.2 Å². The minimum absolute atomic E-state index is 0.318. The molecule has 0 spiro atoms. The highest BCUT2D eigenvalue weighted by atomic mass is 32.2. The topological polar surface area (TPSA) is 92.3 Å². The molecule has 0 aliphatic rings. The van der Waals surface area contributed by atoms with E-state index in [1.165, 1.54) is 15.6 Å². The highest BCUT2D eigenvalue weighted by Gasteiger charge is 2.32. The van der Waals surface area contributed by atoms with Crippen molar-refractivity contribution in [1.29, 1.82) is 0 Å². The summed E-state index contributed by atoms with van der Waals surface area (Å²) in [5.41, 5.74) is 2.49. The Kier molecular flexibility index (Phi) is 7.46. The predicted octanol–water partition coefficient (Wildman–Crippen LogP) is 3.84. The number of hydrogen-bond donors (Lipinski definition) is 1. The summed E-state index contributed by atoms with van der Waals surface area (Å²) in [7, 11) is -3.67. The van der Waals surface area contributed by atoms with Gasteiger partial charge in [0, 0.05) is 5.25 Å². The zero-order valence-corrected chi connectivity index (χ0v) is 19.3. The number of hydrogen-bond acceptors (Lipinski definition) is 7. The number of amides is 1. The number of anilines is 2. The van der Waals surface area contributed by atoms with E-state index >= 15 is 0 Å². The molecule has 0 saturated carbocycles. The van der Waals surface area contributed by atoms with Crippen molar-refractivity contribution in [1.82, 2.24) is 10.2 Å². The Morgan fingerprint density at radius 2 is 1.93 bits per heavy atom. The second-order valence-corrected chi connectivity index (χ2v) is 11.4. The van der Waals surface area contributed by atoms with E-state index in [-0.39, 0.29) is 0 Å². The summed E-state index contributed by atoms with van der Waals surface area (Å²) in [5, 5.41) is 11.5. The fourth-order valence-corrected chi connectivity index (χ4v) is 5.80. The van der Waals surface area contributed by atoms with Crippen LogP contribution in [0.15, 0.2) is 22.5 Å². The van der Waals surface area contributed by atoms with Crippen LogP contribution >= 0.6 is 23.1 Å². The van der Waals surface area contributed by atoms with Crippen molar-refractivity contribution < 1.29 is 13.2 Å². The minimum atomic E-state index is -3.67. The van der Waals surface area contributed by atoms with Crippen LogP contribution < -0.4 is 9.62 Å². The van der Waals surface area contributed by atoms with Crippen LogP contribution in [0.1, 0.15) is 38.3 Å². The van der Waals surface area contributed by atoms with Crippen molar-refractivity contribution in [2.24, 2.45) is 0 Å². The lowest BCUT2D eigenvalue weighted by Gasteiger charge is -2.30. The van der Waals surface area contributed by atoms with Gasteiger partial charge >= 0.3 is 0 Å². The fourth-order valence-electron chi connectivity index (χ4n) is 2.62. The molecule has 2 rings (SSSR count). The lowest BCUT2D eigenvalue weighted by molar-refractivity contribution is -0.117. The molecule has 28 heavy (non-hydrogen) atoms. The maximum absolute atomic E-state index is 12.9. The van der Waals surface area contributed by atoms with Gasteiger partial charge in [0.15, 0.2) is 4.34 Å². The average molecular weight is 443 g/mol. The second kappa shape index (κ2) is 9.23. The lowest BCUT2D eigenvalue weighted by atomic mass is 10.1. The Labute approximate surface area is 175 Å². The van der Waals surface area contributed by atoms with E-state index < -0.39 is 22.0 Å². The summed E-state index contributed by atoms with van der Waals surface area (Å²) < 4.78 is 27.0. The lowest BCUT2D eigenvalue weighted by Crippen LogP contribution is -2.47. The highest BCUT2D eigenvalue weighted by molar-refractivity contribution is 8.01. The first-order valence-corrected chi connectivity index (χ1v) is 12.4. The zero-order valence-electron chi connectivity index (χ0n) is 16.9. The molecule has 1 amide bonds. The molecular formula is C18H26N4O3S3. The van der Waals surface area contributed by atoms with Crippen LogP contribution in [0, 0.1) is 13.8 Å². The average Bonchev–Trinajstić information content (AvgIpc) is 3.00. The van der Waals surface area contributed by atoms with E-state index in [1.54, 1.807) is 30.8 Å². The number of carbonyl (C=O) groups is 1. The molecule has 154 valence electrons. The summed E-state index contributed by atoms with van der Waals surface area (Å²) >= 11 is 2.84. The number of nitrogens with zero attached hydrogens (tertiary/aromatic N) is 3. The van der Waals surface area contributed by atoms with Crippen LogP contribution in [0.4, 0.5) is 10.8 Å². The first-order valence-electron chi connectivity index (χ1n) is 8.90. The largest absolute Gasteiger partial charge is 0.299 e. The van der Waals surface area contributed by atoms with E-state index in [4.69, 9.17) is 0 Å². The molecule has 0 fully saturated rings. The molecule has 1 atom stereocenters. The summed E-state index contributed by atoms with van der Waals surface area (Å²) in [6.45, 7) is 9.74. The molecule has 2 aromatic rings. The molecule has 0 bridgehead atoms. The second-order valence-electron chi connectivity index (χ2n) is 6.78. The van der Waals surface area contributed by atoms with Crippen LogP contribution in [-0.2, 0) is 14.8 Å². The number of rotatable bonds is 8. The number of aryl methyl sites for hydroxylation is 2. The number of sulfonamides is 1. The van der Waals surface area contributed by atoms with Gasteiger partial charge in [0.25, 0.3) is 0 Å². The van der Waals surface area contributed by atoms with Gasteiger partial charge in [-0.05, 0) is 43.5 Å². The first kappa shape index (κ1) is 22.6. The van der Waals surface area contributed by atoms with Gasteiger partial charge in [0.1, 0.15) is 6.04 Å². The fraction of sp³-hybridized carbons (Fsp3) is 0.500. The van der Waals surface area contributed by atoms with Gasteiger partial charge in [0.2, 0.25) is 21.1 Å². The summed E-state index contributed by atoms with van der Waals surface area (Å²) in [5.74, 6) is -0.427. The van der Waals surface area contributed by atoms with Gasteiger partial charge in [-0.2, -0.15) is 0 Å². The van der Waals surface area contributed by atoms with Crippen molar-refractivity contribution in [2.45, 2.75) is 56.7 Å². The molecule has 0 saturated heterocycles. The quantitative estimate of drug-likeness (QED) is 0.493. The molecule has 0 aliphatic carbocycles. The summed E-state index contributed by atoms with van der Waals surface area (Å²) in [6.07, 6.45) is 1.43. The third-order valence-corrected chi connectivity index (χ3v) is 7.15. The molecular weight excluding hydrogens is 416 g/mol. The Morgan fingerprint density at radius 3 is 2.46 bits per heavy atom. The number of carbonyl (C=O) groups excluding carboxylic acids is 1. The van der Waals surface area contributed by atoms with E-state index in [0.29, 0.717) is 22.5 Å². The van der Waals surface area contributed by atoms with Gasteiger partial charge < -0.3 is 0 Å². The zero-order chi connectivity index (χ0) is 21.1. The van der Waals surface area contributed by atoms with E-state index in [2.05, 4.69) is 15.5 Å². The van der Waals surface area contributed by atoms with Crippen molar-refractivity contribution in [3.63, 3.8) is 0 Å². The summed E-state index contributed by atoms with van der Waals surface area (Å²) in [6, 6.07) is 4.48. The molecule has 0 aliphatic heterocycles. The van der Waals surface area contributed by atoms with Crippen LogP contribution in [0.3, 0.4) is 0 Å². The molecule has 1 aromatic carbocycles. The van der Waals surface area contributed by atoms with Crippen LogP contribution in [0.5, 0.6) is 0 Å². The number of aromatic nitrogens is 2. The SMILES string of the molecule is CC[C@@H](C(=O)Nc1nnc(SC(C)C)s1)N(c1ccc(C)c(C)c1)S(C)(=O)=O. The maximum Gasteiger partial charge on any atom is 0.250 e. The maximum atomic E-state index is 12.9. The third-order valence-electron chi connectivity index (χ3n) is 4.05. The number of nitrogens with one attached hydrogen (secondary N) is 1. The molecule has 1 N–H and O–H groups in total. The summed E-state index contributed by atoms with van der Waals surface area (Å²) in [4.78, 5) is 12.9. The van der Waals surface area contributed by atoms with Crippen LogP contribution in [-0.4, -0.2) is 42.1 Å². The Morgan fingerprint density at radius 1 is 1.25 bits per heavy atom. The van der Waals surface area contributed by atoms with E-state index in [0.717, 1.165) is 21.7 Å². The van der Waals surface area contributed by atoms with Gasteiger partial charge in [-0.25, -0.2) is 8.42 Å². The van der Waals surface area contributed by atoms with Crippen molar-refractivity contribution >= 4 is 49.8 Å². The minimum Gasteiger partial charge on any atom is -0.299 e. The normalized spacial score (nSPS) is 12.8. The van der Waals surface area contributed by atoms with E-state index in [1.807, 2.05) is 33.8 Å². The van der Waals surface area contributed by atoms with Gasteiger partial charge in [-0.3, -0.25) is 14.4 Å². The molecule has 0 radical (unpaired) electrons. The molecule has 1 aromatic heterocycles. The monoisotopic (exact) mass is 442 g/mol. The van der Waals surface area contributed by atoms with Crippen LogP contribution in [0.2, 0.25) is 0 Å². The smallest absolute Gasteiger partial charge is 0.250 e. The van der Waals surface area contributed by atoms with Crippen molar-refractivity contribution in [2.75, 3.05) is 15.9 Å². The molecule has 1 heterocycles. The standard InChI is InChI=1S/C18H26N4O3S3/c1-7-15(16(23)19-17-20-21-18(27-17)26-11(2)3)22(28(6,24)25)14-9-8-12(4)13(5)10-14/h8-11,15H,7H2,1-6H3,(H,19,20,23)/t15-/m0/s1. The van der Waals surface area contributed by atoms with Crippen molar-refractivity contribution in [3.8, 4) is 0 Å². The molecule has 0 unspecified atom stereocenters. The van der Waals surface area contributed by atoms with Crippen molar-refractivity contribution in [3.05, 3.63) is 29.3 Å². The predicted molar refractivity (Wildman–Crippen MR) is 117 cm³/mol. The Hall–Kier alpha value is -1.65. The Bertz CT molecular complexity index is 941. The third kappa shape index (κ3) is 5.68. The molecule has 10 heteroatoms.